The number of hydrogen-bond acceptors (Lipinski definition) is 4. The summed E-state index contributed by atoms with van der Waals surface area (Å²) in [6.07, 6.45) is 2.33. The molecule has 6 nitrogen and oxygen atoms in total. The van der Waals surface area contributed by atoms with Gasteiger partial charge in [-0.3, -0.25) is 14.5 Å². The lowest BCUT2D eigenvalue weighted by atomic mass is 10.0. The number of carbonyl (C=O) groups is 1. The lowest BCUT2D eigenvalue weighted by Gasteiger charge is -2.28. The normalized spacial score (nSPS) is 15.3. The van der Waals surface area contributed by atoms with E-state index in [9.17, 15) is 9.59 Å². The summed E-state index contributed by atoms with van der Waals surface area (Å²) in [5.74, 6) is 0.581. The fraction of sp³-hybridized carbons (Fsp3) is 0.304. The van der Waals surface area contributed by atoms with Crippen LogP contribution in [0.25, 0.3) is 10.9 Å². The highest BCUT2D eigenvalue weighted by Crippen LogP contribution is 2.26. The number of fused-ring (bicyclic) bond motifs is 1. The van der Waals surface area contributed by atoms with E-state index in [1.165, 1.54) is 18.9 Å². The number of pyridine rings is 1. The highest BCUT2D eigenvalue weighted by atomic mass is 16.5. The fourth-order valence-corrected chi connectivity index (χ4v) is 4.01. The molecule has 1 aromatic heterocycles. The molecule has 1 amide bonds. The molecular formula is C23H25N3O3. The summed E-state index contributed by atoms with van der Waals surface area (Å²) in [5.41, 5.74) is 1.93. The molecule has 3 aromatic rings. The zero-order valence-corrected chi connectivity index (χ0v) is 16.5. The molecule has 0 saturated carbocycles. The quantitative estimate of drug-likeness (QED) is 0.677. The number of carbonyl (C=O) groups excluding carboxylic acids is 1. The predicted molar refractivity (Wildman–Crippen MR) is 113 cm³/mol. The molecule has 29 heavy (non-hydrogen) atoms. The largest absolute Gasteiger partial charge is 0.497 e. The molecule has 0 aliphatic carbocycles. The van der Waals surface area contributed by atoms with Crippen LogP contribution in [0.5, 0.6) is 5.75 Å². The van der Waals surface area contributed by atoms with Gasteiger partial charge in [0.05, 0.1) is 18.7 Å². The van der Waals surface area contributed by atoms with Crippen LogP contribution in [-0.2, 0) is 0 Å². The average Bonchev–Trinajstić information content (AvgIpc) is 3.28. The molecule has 0 unspecified atom stereocenters. The first-order valence-electron chi connectivity index (χ1n) is 9.94. The van der Waals surface area contributed by atoms with Crippen LogP contribution < -0.4 is 15.6 Å². The zero-order chi connectivity index (χ0) is 20.2. The van der Waals surface area contributed by atoms with Crippen molar-refractivity contribution in [2.24, 2.45) is 0 Å². The summed E-state index contributed by atoms with van der Waals surface area (Å²) in [6, 6.07) is 16.8. The molecule has 1 aliphatic heterocycles. The van der Waals surface area contributed by atoms with E-state index < -0.39 is 0 Å². The number of hydrogen-bond donors (Lipinski definition) is 2. The van der Waals surface area contributed by atoms with E-state index in [1.807, 2.05) is 30.3 Å². The van der Waals surface area contributed by atoms with Gasteiger partial charge in [0.2, 0.25) is 5.56 Å². The van der Waals surface area contributed by atoms with Crippen LogP contribution in [0.2, 0.25) is 0 Å². The summed E-state index contributed by atoms with van der Waals surface area (Å²) >= 11 is 0. The number of methoxy groups -OCH3 is 1. The molecule has 1 saturated heterocycles. The number of aromatic amines is 1. The number of rotatable bonds is 6. The van der Waals surface area contributed by atoms with E-state index in [2.05, 4.69) is 27.3 Å². The van der Waals surface area contributed by atoms with Gasteiger partial charge in [-0.25, -0.2) is 0 Å². The molecule has 2 N–H and O–H groups in total. The molecule has 2 aromatic carbocycles. The number of likely N-dealkylation sites (tertiary alicyclic amines) is 1. The maximum absolute atomic E-state index is 13.0. The topological polar surface area (TPSA) is 74.4 Å². The van der Waals surface area contributed by atoms with E-state index >= 15 is 0 Å². The molecule has 0 bridgehead atoms. The van der Waals surface area contributed by atoms with Gasteiger partial charge in [0, 0.05) is 23.5 Å². The van der Waals surface area contributed by atoms with Crippen molar-refractivity contribution in [3.05, 3.63) is 76.1 Å². The minimum atomic E-state index is -0.278. The Bertz CT molecular complexity index is 1050. The minimum Gasteiger partial charge on any atom is -0.497 e. The second-order valence-corrected chi connectivity index (χ2v) is 7.33. The molecule has 1 fully saturated rings. The minimum absolute atomic E-state index is 0.0839. The van der Waals surface area contributed by atoms with Gasteiger partial charge in [-0.1, -0.05) is 30.3 Å². The van der Waals surface area contributed by atoms with Crippen molar-refractivity contribution < 1.29 is 9.53 Å². The van der Waals surface area contributed by atoms with Crippen molar-refractivity contribution in [3.8, 4) is 5.75 Å². The molecule has 0 spiro atoms. The first kappa shape index (κ1) is 19.2. The Kier molecular flexibility index (Phi) is 5.62. The highest BCUT2D eigenvalue weighted by Gasteiger charge is 2.24. The molecule has 2 heterocycles. The van der Waals surface area contributed by atoms with E-state index in [-0.39, 0.29) is 17.5 Å². The van der Waals surface area contributed by atoms with Crippen molar-refractivity contribution in [1.82, 2.24) is 15.2 Å². The number of amides is 1. The first-order valence-corrected chi connectivity index (χ1v) is 9.94. The van der Waals surface area contributed by atoms with Crippen LogP contribution in [0.1, 0.15) is 34.8 Å². The number of para-hydroxylation sites is 1. The summed E-state index contributed by atoms with van der Waals surface area (Å²) in [6.45, 7) is 2.51. The van der Waals surface area contributed by atoms with Gasteiger partial charge < -0.3 is 15.0 Å². The third-order valence-electron chi connectivity index (χ3n) is 5.53. The average molecular weight is 391 g/mol. The molecule has 1 atom stereocenters. The Balaban J connectivity index is 1.57. The Morgan fingerprint density at radius 1 is 1.14 bits per heavy atom. The summed E-state index contributed by atoms with van der Waals surface area (Å²) in [5, 5.41) is 3.80. The standard InChI is InChI=1S/C23H25N3O3/c1-29-17-10-8-16(9-11-17)21(26-12-4-5-13-26)15-24-23(28)19-14-22(27)25-20-7-3-2-6-18(19)20/h2-3,6-11,14,21H,4-5,12-13,15H2,1H3,(H,24,28)(H,25,27)/t21-/m1/s1. The summed E-state index contributed by atoms with van der Waals surface area (Å²) in [7, 11) is 1.65. The number of benzene rings is 2. The van der Waals surface area contributed by atoms with Gasteiger partial charge in [0.25, 0.3) is 5.91 Å². The lowest BCUT2D eigenvalue weighted by Crippen LogP contribution is -2.37. The van der Waals surface area contributed by atoms with Crippen LogP contribution in [0, 0.1) is 0 Å². The van der Waals surface area contributed by atoms with Crippen LogP contribution >= 0.6 is 0 Å². The first-order chi connectivity index (χ1) is 14.2. The van der Waals surface area contributed by atoms with E-state index in [4.69, 9.17) is 4.74 Å². The monoisotopic (exact) mass is 391 g/mol. The van der Waals surface area contributed by atoms with Crippen LogP contribution in [0.4, 0.5) is 0 Å². The Labute approximate surface area is 169 Å². The molecule has 1 aliphatic rings. The molecule has 0 radical (unpaired) electrons. The van der Waals surface area contributed by atoms with Crippen molar-refractivity contribution >= 4 is 16.8 Å². The highest BCUT2D eigenvalue weighted by molar-refractivity contribution is 6.05. The van der Waals surface area contributed by atoms with Crippen molar-refractivity contribution in [2.45, 2.75) is 18.9 Å². The summed E-state index contributed by atoms with van der Waals surface area (Å²) in [4.78, 5) is 30.1. The van der Waals surface area contributed by atoms with E-state index in [0.29, 0.717) is 17.6 Å². The van der Waals surface area contributed by atoms with Crippen molar-refractivity contribution in [3.63, 3.8) is 0 Å². The van der Waals surface area contributed by atoms with E-state index in [0.717, 1.165) is 29.8 Å². The van der Waals surface area contributed by atoms with Gasteiger partial charge in [-0.05, 0) is 49.7 Å². The third-order valence-corrected chi connectivity index (χ3v) is 5.53. The smallest absolute Gasteiger partial charge is 0.252 e. The Morgan fingerprint density at radius 2 is 1.86 bits per heavy atom. The third kappa shape index (κ3) is 4.17. The van der Waals surface area contributed by atoms with Gasteiger partial charge in [-0.15, -0.1) is 0 Å². The summed E-state index contributed by atoms with van der Waals surface area (Å²) < 4.78 is 5.27. The number of aromatic nitrogens is 1. The molecule has 4 rings (SSSR count). The van der Waals surface area contributed by atoms with E-state index in [1.54, 1.807) is 13.2 Å². The maximum Gasteiger partial charge on any atom is 0.252 e. The zero-order valence-electron chi connectivity index (χ0n) is 16.5. The van der Waals surface area contributed by atoms with Gasteiger partial charge >= 0.3 is 0 Å². The predicted octanol–water partition coefficient (Wildman–Crippen LogP) is 3.10. The number of ether oxygens (including phenoxy) is 1. The Hall–Kier alpha value is -3.12. The fourth-order valence-electron chi connectivity index (χ4n) is 4.01. The number of H-pyrrole nitrogens is 1. The van der Waals surface area contributed by atoms with Crippen LogP contribution in [-0.4, -0.2) is 42.5 Å². The van der Waals surface area contributed by atoms with Gasteiger partial charge in [-0.2, -0.15) is 0 Å². The van der Waals surface area contributed by atoms with Crippen LogP contribution in [0.15, 0.2) is 59.4 Å². The maximum atomic E-state index is 13.0. The number of nitrogens with one attached hydrogen (secondary N) is 2. The second-order valence-electron chi connectivity index (χ2n) is 7.33. The Morgan fingerprint density at radius 3 is 2.59 bits per heavy atom. The van der Waals surface area contributed by atoms with Gasteiger partial charge in [0.1, 0.15) is 5.75 Å². The lowest BCUT2D eigenvalue weighted by molar-refractivity contribution is 0.0939. The van der Waals surface area contributed by atoms with Crippen LogP contribution in [0.3, 0.4) is 0 Å². The van der Waals surface area contributed by atoms with Crippen molar-refractivity contribution in [1.29, 1.82) is 0 Å². The number of nitrogens with zero attached hydrogens (tertiary/aromatic N) is 1. The molecule has 6 heteroatoms. The molecular weight excluding hydrogens is 366 g/mol. The second kappa shape index (κ2) is 8.49. The van der Waals surface area contributed by atoms with Gasteiger partial charge in [0.15, 0.2) is 0 Å². The molecule has 150 valence electrons. The van der Waals surface area contributed by atoms with Crippen molar-refractivity contribution in [2.75, 3.05) is 26.7 Å². The SMILES string of the molecule is COc1ccc([C@@H](CNC(=O)c2cc(=O)[nH]c3ccccc23)N2CCCC2)cc1.